The number of halogens is 2. The van der Waals surface area contributed by atoms with Gasteiger partial charge in [0.25, 0.3) is 0 Å². The molecular weight excluding hydrogens is 379 g/mol. The van der Waals surface area contributed by atoms with Crippen LogP contribution in [0.1, 0.15) is 18.4 Å². The molecular formula is C22H26Cl2N2O. The SMILES string of the molecule is C=CCN1CCC(N(C(=O)Cc2ccccc2)c2ccc(Cl)cc2)CC1.Cl. The average molecular weight is 405 g/mol. The predicted octanol–water partition coefficient (Wildman–Crippen LogP) is 4.99. The van der Waals surface area contributed by atoms with Crippen molar-refractivity contribution in [2.24, 2.45) is 0 Å². The van der Waals surface area contributed by atoms with E-state index >= 15 is 0 Å². The quantitative estimate of drug-likeness (QED) is 0.633. The van der Waals surface area contributed by atoms with E-state index in [0.717, 1.165) is 43.7 Å². The van der Waals surface area contributed by atoms with E-state index in [1.165, 1.54) is 0 Å². The Morgan fingerprint density at radius 3 is 2.33 bits per heavy atom. The summed E-state index contributed by atoms with van der Waals surface area (Å²) in [4.78, 5) is 17.5. The lowest BCUT2D eigenvalue weighted by Crippen LogP contribution is -2.48. The van der Waals surface area contributed by atoms with Crippen LogP contribution in [0.4, 0.5) is 5.69 Å². The van der Waals surface area contributed by atoms with Crippen molar-refractivity contribution in [1.29, 1.82) is 0 Å². The molecule has 0 unspecified atom stereocenters. The van der Waals surface area contributed by atoms with Gasteiger partial charge in [0.05, 0.1) is 6.42 Å². The Labute approximate surface area is 173 Å². The van der Waals surface area contributed by atoms with Crippen molar-refractivity contribution in [1.82, 2.24) is 4.90 Å². The summed E-state index contributed by atoms with van der Waals surface area (Å²) < 4.78 is 0. The van der Waals surface area contributed by atoms with E-state index in [1.54, 1.807) is 0 Å². The van der Waals surface area contributed by atoms with Gasteiger partial charge in [-0.1, -0.05) is 48.0 Å². The fourth-order valence-corrected chi connectivity index (χ4v) is 3.68. The first-order valence-electron chi connectivity index (χ1n) is 9.12. The largest absolute Gasteiger partial charge is 0.309 e. The van der Waals surface area contributed by atoms with Gasteiger partial charge in [-0.05, 0) is 42.7 Å². The van der Waals surface area contributed by atoms with Crippen LogP contribution in [0.15, 0.2) is 67.3 Å². The molecule has 144 valence electrons. The second kappa shape index (κ2) is 10.5. The molecule has 0 N–H and O–H groups in total. The average Bonchev–Trinajstić information content (AvgIpc) is 2.66. The van der Waals surface area contributed by atoms with Gasteiger partial charge in [0, 0.05) is 36.4 Å². The third-order valence-electron chi connectivity index (χ3n) is 4.88. The smallest absolute Gasteiger partial charge is 0.231 e. The summed E-state index contributed by atoms with van der Waals surface area (Å²) >= 11 is 6.05. The van der Waals surface area contributed by atoms with Gasteiger partial charge in [-0.2, -0.15) is 0 Å². The van der Waals surface area contributed by atoms with Gasteiger partial charge < -0.3 is 4.90 Å². The molecule has 1 amide bonds. The molecule has 1 fully saturated rings. The molecule has 2 aromatic rings. The van der Waals surface area contributed by atoms with Gasteiger partial charge in [-0.3, -0.25) is 9.69 Å². The highest BCUT2D eigenvalue weighted by Crippen LogP contribution is 2.26. The van der Waals surface area contributed by atoms with Gasteiger partial charge in [0.1, 0.15) is 0 Å². The molecule has 5 heteroatoms. The van der Waals surface area contributed by atoms with Crippen molar-refractivity contribution < 1.29 is 4.79 Å². The third kappa shape index (κ3) is 5.83. The van der Waals surface area contributed by atoms with Crippen molar-refractivity contribution in [3.05, 3.63) is 77.8 Å². The van der Waals surface area contributed by atoms with Gasteiger partial charge in [-0.15, -0.1) is 19.0 Å². The van der Waals surface area contributed by atoms with Crippen LogP contribution in [0, 0.1) is 0 Å². The Kier molecular flexibility index (Phi) is 8.36. The van der Waals surface area contributed by atoms with Crippen LogP contribution < -0.4 is 4.90 Å². The molecule has 0 aliphatic carbocycles. The fraction of sp³-hybridized carbons (Fsp3) is 0.318. The first kappa shape index (κ1) is 21.5. The van der Waals surface area contributed by atoms with E-state index in [4.69, 9.17) is 11.6 Å². The minimum Gasteiger partial charge on any atom is -0.309 e. The summed E-state index contributed by atoms with van der Waals surface area (Å²) in [6.07, 6.45) is 4.29. The molecule has 1 aliphatic rings. The molecule has 1 heterocycles. The topological polar surface area (TPSA) is 23.6 Å². The van der Waals surface area contributed by atoms with E-state index in [0.29, 0.717) is 11.4 Å². The van der Waals surface area contributed by atoms with Crippen LogP contribution in [-0.4, -0.2) is 36.5 Å². The van der Waals surface area contributed by atoms with Gasteiger partial charge in [-0.25, -0.2) is 0 Å². The molecule has 0 bridgehead atoms. The van der Waals surface area contributed by atoms with E-state index in [9.17, 15) is 4.79 Å². The molecule has 3 nitrogen and oxygen atoms in total. The summed E-state index contributed by atoms with van der Waals surface area (Å²) in [5, 5.41) is 0.685. The van der Waals surface area contributed by atoms with Crippen LogP contribution in [0.3, 0.4) is 0 Å². The van der Waals surface area contributed by atoms with E-state index in [2.05, 4.69) is 11.5 Å². The normalized spacial score (nSPS) is 15.0. The monoisotopic (exact) mass is 404 g/mol. The van der Waals surface area contributed by atoms with Crippen molar-refractivity contribution in [2.45, 2.75) is 25.3 Å². The minimum atomic E-state index is 0. The standard InChI is InChI=1S/C22H25ClN2O.ClH/c1-2-14-24-15-12-21(13-16-24)25(20-10-8-19(23)9-11-20)22(26)17-18-6-4-3-5-7-18;/h2-11,21H,1,12-17H2;1H. The number of anilines is 1. The number of hydrogen-bond donors (Lipinski definition) is 0. The van der Waals surface area contributed by atoms with Crippen molar-refractivity contribution in [3.63, 3.8) is 0 Å². The zero-order valence-electron chi connectivity index (χ0n) is 15.4. The number of likely N-dealkylation sites (tertiary alicyclic amines) is 1. The lowest BCUT2D eigenvalue weighted by molar-refractivity contribution is -0.118. The van der Waals surface area contributed by atoms with Gasteiger partial charge in [0.15, 0.2) is 0 Å². The summed E-state index contributed by atoms with van der Waals surface area (Å²) in [5.41, 5.74) is 1.97. The predicted molar refractivity (Wildman–Crippen MR) is 116 cm³/mol. The molecule has 2 aromatic carbocycles. The number of hydrogen-bond acceptors (Lipinski definition) is 2. The van der Waals surface area contributed by atoms with Crippen molar-refractivity contribution in [3.8, 4) is 0 Å². The molecule has 0 saturated carbocycles. The maximum absolute atomic E-state index is 13.2. The molecule has 1 aliphatic heterocycles. The molecule has 0 aromatic heterocycles. The number of benzene rings is 2. The Morgan fingerprint density at radius 1 is 1.11 bits per heavy atom. The maximum Gasteiger partial charge on any atom is 0.231 e. The second-order valence-corrected chi connectivity index (χ2v) is 7.16. The Morgan fingerprint density at radius 2 is 1.74 bits per heavy atom. The van der Waals surface area contributed by atoms with Gasteiger partial charge in [0.2, 0.25) is 5.91 Å². The lowest BCUT2D eigenvalue weighted by Gasteiger charge is -2.38. The summed E-state index contributed by atoms with van der Waals surface area (Å²) in [6.45, 7) is 6.70. The first-order valence-corrected chi connectivity index (χ1v) is 9.50. The number of amides is 1. The van der Waals surface area contributed by atoms with Crippen molar-refractivity contribution >= 4 is 35.6 Å². The number of carbonyl (C=O) groups is 1. The Balaban J connectivity index is 0.00000261. The number of rotatable bonds is 6. The summed E-state index contributed by atoms with van der Waals surface area (Å²) in [7, 11) is 0. The van der Waals surface area contributed by atoms with E-state index in [1.807, 2.05) is 65.6 Å². The maximum atomic E-state index is 13.2. The Hall–Kier alpha value is -1.81. The highest BCUT2D eigenvalue weighted by atomic mass is 35.5. The highest BCUT2D eigenvalue weighted by molar-refractivity contribution is 6.30. The molecule has 1 saturated heterocycles. The molecule has 27 heavy (non-hydrogen) atoms. The minimum absolute atomic E-state index is 0. The van der Waals surface area contributed by atoms with Crippen LogP contribution >= 0.6 is 24.0 Å². The molecule has 0 atom stereocenters. The molecule has 0 spiro atoms. The highest BCUT2D eigenvalue weighted by Gasteiger charge is 2.28. The second-order valence-electron chi connectivity index (χ2n) is 6.72. The lowest BCUT2D eigenvalue weighted by atomic mass is 10.0. The van der Waals surface area contributed by atoms with Crippen molar-refractivity contribution in [2.75, 3.05) is 24.5 Å². The zero-order valence-corrected chi connectivity index (χ0v) is 17.0. The van der Waals surface area contributed by atoms with E-state index < -0.39 is 0 Å². The summed E-state index contributed by atoms with van der Waals surface area (Å²) in [6, 6.07) is 17.7. The number of nitrogens with zero attached hydrogens (tertiary/aromatic N) is 2. The van der Waals surface area contributed by atoms with Gasteiger partial charge >= 0.3 is 0 Å². The Bertz CT molecular complexity index is 726. The van der Waals surface area contributed by atoms with Crippen LogP contribution in [0.5, 0.6) is 0 Å². The first-order chi connectivity index (χ1) is 12.7. The van der Waals surface area contributed by atoms with Crippen LogP contribution in [0.25, 0.3) is 0 Å². The van der Waals surface area contributed by atoms with Crippen LogP contribution in [0.2, 0.25) is 5.02 Å². The molecule has 0 radical (unpaired) electrons. The number of carbonyl (C=O) groups excluding carboxylic acids is 1. The summed E-state index contributed by atoms with van der Waals surface area (Å²) in [5.74, 6) is 0.140. The van der Waals surface area contributed by atoms with E-state index in [-0.39, 0.29) is 24.4 Å². The zero-order chi connectivity index (χ0) is 18.4. The third-order valence-corrected chi connectivity index (χ3v) is 5.13. The fourth-order valence-electron chi connectivity index (χ4n) is 3.56. The van der Waals surface area contributed by atoms with Crippen LogP contribution in [-0.2, 0) is 11.2 Å². The number of piperidine rings is 1. The molecule has 3 rings (SSSR count).